The van der Waals surface area contributed by atoms with E-state index in [0.717, 1.165) is 18.7 Å². The molecule has 1 N–H and O–H groups in total. The highest BCUT2D eigenvalue weighted by molar-refractivity contribution is 5.21. The summed E-state index contributed by atoms with van der Waals surface area (Å²) in [5, 5.41) is 3.38. The molecule has 0 heterocycles. The molecule has 1 aromatic carbocycles. The summed E-state index contributed by atoms with van der Waals surface area (Å²) in [4.78, 5) is 0. The Balaban J connectivity index is 2.40. The number of benzene rings is 1. The van der Waals surface area contributed by atoms with E-state index in [1.807, 2.05) is 0 Å². The lowest BCUT2D eigenvalue weighted by molar-refractivity contribution is 0.398. The number of nitrogens with one attached hydrogen (secondary N) is 1. The predicted octanol–water partition coefficient (Wildman–Crippen LogP) is 4.03. The number of allylic oxidation sites excluding steroid dienone is 1. The van der Waals surface area contributed by atoms with Crippen molar-refractivity contribution < 1.29 is 0 Å². The van der Waals surface area contributed by atoms with Crippen LogP contribution < -0.4 is 5.32 Å². The summed E-state index contributed by atoms with van der Waals surface area (Å²) >= 11 is 0. The molecule has 0 atom stereocenters. The van der Waals surface area contributed by atoms with Gasteiger partial charge in [0.25, 0.3) is 0 Å². The highest BCUT2D eigenvalue weighted by Crippen LogP contribution is 2.21. The van der Waals surface area contributed by atoms with Crippen molar-refractivity contribution in [2.45, 2.75) is 40.7 Å². The molecule has 0 amide bonds. The van der Waals surface area contributed by atoms with Gasteiger partial charge in [0.05, 0.1) is 0 Å². The van der Waals surface area contributed by atoms with E-state index in [9.17, 15) is 0 Å². The van der Waals surface area contributed by atoms with Crippen molar-refractivity contribution in [3.8, 4) is 0 Å². The van der Waals surface area contributed by atoms with Crippen LogP contribution in [0.4, 0.5) is 0 Å². The first-order chi connectivity index (χ1) is 7.37. The van der Waals surface area contributed by atoms with Crippen LogP contribution in [0.15, 0.2) is 36.5 Å². The molecular weight excluding hydrogens is 194 g/mol. The summed E-state index contributed by atoms with van der Waals surface area (Å²) < 4.78 is 0. The predicted molar refractivity (Wildman–Crippen MR) is 71.2 cm³/mol. The largest absolute Gasteiger partial charge is 0.385 e. The fourth-order valence-electron chi connectivity index (χ4n) is 1.64. The summed E-state index contributed by atoms with van der Waals surface area (Å²) in [6.07, 6.45) is 1.01. The third-order valence-electron chi connectivity index (χ3n) is 2.41. The monoisotopic (exact) mass is 217 g/mol. The van der Waals surface area contributed by atoms with E-state index < -0.39 is 0 Å². The number of hydrogen-bond acceptors (Lipinski definition) is 1. The molecule has 1 aromatic rings. The molecule has 1 heteroatoms. The highest BCUT2D eigenvalue weighted by Gasteiger charge is 2.11. The Labute approximate surface area is 99.6 Å². The third kappa shape index (κ3) is 5.01. The van der Waals surface area contributed by atoms with Gasteiger partial charge in [-0.3, -0.25) is 0 Å². The van der Waals surface area contributed by atoms with E-state index >= 15 is 0 Å². The Bertz CT molecular complexity index is 341. The molecular formula is C15H23N. The fraction of sp³-hybridized carbons (Fsp3) is 0.467. The SMILES string of the molecule is C=C(CC(C)(C)C)NCc1ccc(C)cc1. The van der Waals surface area contributed by atoms with Gasteiger partial charge in [-0.2, -0.15) is 0 Å². The van der Waals surface area contributed by atoms with Crippen molar-refractivity contribution in [3.05, 3.63) is 47.7 Å². The summed E-state index contributed by atoms with van der Waals surface area (Å²) in [5.41, 5.74) is 4.03. The Morgan fingerprint density at radius 3 is 2.25 bits per heavy atom. The second-order valence-corrected chi connectivity index (χ2v) is 5.68. The number of hydrogen-bond donors (Lipinski definition) is 1. The molecule has 16 heavy (non-hydrogen) atoms. The minimum Gasteiger partial charge on any atom is -0.385 e. The van der Waals surface area contributed by atoms with Crippen LogP contribution in [0, 0.1) is 12.3 Å². The zero-order valence-electron chi connectivity index (χ0n) is 10.9. The van der Waals surface area contributed by atoms with E-state index in [2.05, 4.69) is 63.9 Å². The first-order valence-corrected chi connectivity index (χ1v) is 5.84. The molecule has 0 aliphatic carbocycles. The molecule has 0 radical (unpaired) electrons. The zero-order chi connectivity index (χ0) is 12.2. The van der Waals surface area contributed by atoms with E-state index in [1.54, 1.807) is 0 Å². The van der Waals surface area contributed by atoms with Crippen LogP contribution in [0.25, 0.3) is 0 Å². The molecule has 1 rings (SSSR count). The minimum atomic E-state index is 0.303. The fourth-order valence-corrected chi connectivity index (χ4v) is 1.64. The van der Waals surface area contributed by atoms with Gasteiger partial charge in [-0.25, -0.2) is 0 Å². The molecule has 88 valence electrons. The van der Waals surface area contributed by atoms with Crippen molar-refractivity contribution in [2.75, 3.05) is 0 Å². The van der Waals surface area contributed by atoms with Crippen molar-refractivity contribution in [1.29, 1.82) is 0 Å². The quantitative estimate of drug-likeness (QED) is 0.802. The van der Waals surface area contributed by atoms with Gasteiger partial charge in [0.1, 0.15) is 0 Å². The Morgan fingerprint density at radius 1 is 1.19 bits per heavy atom. The highest BCUT2D eigenvalue weighted by atomic mass is 14.9. The van der Waals surface area contributed by atoms with E-state index in [0.29, 0.717) is 5.41 Å². The van der Waals surface area contributed by atoms with Gasteiger partial charge in [0.15, 0.2) is 0 Å². The Morgan fingerprint density at radius 2 is 1.75 bits per heavy atom. The third-order valence-corrected chi connectivity index (χ3v) is 2.41. The maximum Gasteiger partial charge on any atom is 0.0397 e. The lowest BCUT2D eigenvalue weighted by Gasteiger charge is -2.20. The molecule has 0 aliphatic heterocycles. The Hall–Kier alpha value is -1.24. The smallest absolute Gasteiger partial charge is 0.0397 e. The van der Waals surface area contributed by atoms with Crippen LogP contribution in [0.3, 0.4) is 0 Å². The molecule has 0 unspecified atom stereocenters. The molecule has 0 fully saturated rings. The van der Waals surface area contributed by atoms with Crippen molar-refractivity contribution in [3.63, 3.8) is 0 Å². The van der Waals surface area contributed by atoms with Crippen molar-refractivity contribution in [2.24, 2.45) is 5.41 Å². The Kier molecular flexibility index (Phi) is 4.17. The van der Waals surface area contributed by atoms with Crippen LogP contribution in [0.5, 0.6) is 0 Å². The molecule has 1 nitrogen and oxygen atoms in total. The van der Waals surface area contributed by atoms with Crippen LogP contribution >= 0.6 is 0 Å². The van der Waals surface area contributed by atoms with Gasteiger partial charge in [-0.05, 0) is 24.3 Å². The lowest BCUT2D eigenvalue weighted by Crippen LogP contribution is -2.17. The lowest BCUT2D eigenvalue weighted by atomic mass is 9.91. The van der Waals surface area contributed by atoms with Crippen LogP contribution in [-0.4, -0.2) is 0 Å². The maximum absolute atomic E-state index is 4.06. The number of rotatable bonds is 4. The zero-order valence-corrected chi connectivity index (χ0v) is 10.9. The maximum atomic E-state index is 4.06. The van der Waals surface area contributed by atoms with Gasteiger partial charge in [0.2, 0.25) is 0 Å². The van der Waals surface area contributed by atoms with E-state index in [1.165, 1.54) is 11.1 Å². The molecule has 0 bridgehead atoms. The average Bonchev–Trinajstić information content (AvgIpc) is 2.14. The van der Waals surface area contributed by atoms with E-state index in [-0.39, 0.29) is 0 Å². The van der Waals surface area contributed by atoms with Crippen molar-refractivity contribution in [1.82, 2.24) is 5.32 Å². The van der Waals surface area contributed by atoms with Gasteiger partial charge < -0.3 is 5.32 Å². The normalized spacial score (nSPS) is 11.2. The van der Waals surface area contributed by atoms with Gasteiger partial charge >= 0.3 is 0 Å². The first kappa shape index (κ1) is 12.8. The van der Waals surface area contributed by atoms with Gasteiger partial charge in [-0.15, -0.1) is 0 Å². The standard InChI is InChI=1S/C15H23N/c1-12-6-8-14(9-7-12)11-16-13(2)10-15(3,4)5/h6-9,16H,2,10-11H2,1,3-5H3. The summed E-state index contributed by atoms with van der Waals surface area (Å²) in [6.45, 7) is 13.7. The van der Waals surface area contributed by atoms with Gasteiger partial charge in [-0.1, -0.05) is 57.2 Å². The van der Waals surface area contributed by atoms with Gasteiger partial charge in [0, 0.05) is 12.2 Å². The summed E-state index contributed by atoms with van der Waals surface area (Å²) in [7, 11) is 0. The summed E-state index contributed by atoms with van der Waals surface area (Å²) in [5.74, 6) is 0. The second-order valence-electron chi connectivity index (χ2n) is 5.68. The summed E-state index contributed by atoms with van der Waals surface area (Å²) in [6, 6.07) is 8.60. The first-order valence-electron chi connectivity index (χ1n) is 5.84. The molecule has 0 spiro atoms. The topological polar surface area (TPSA) is 12.0 Å². The molecule has 0 aliphatic rings. The minimum absolute atomic E-state index is 0.303. The van der Waals surface area contributed by atoms with Crippen LogP contribution in [-0.2, 0) is 6.54 Å². The van der Waals surface area contributed by atoms with Crippen LogP contribution in [0.2, 0.25) is 0 Å². The second kappa shape index (κ2) is 5.20. The molecule has 0 saturated carbocycles. The number of aryl methyl sites for hydroxylation is 1. The molecule has 0 saturated heterocycles. The van der Waals surface area contributed by atoms with Crippen molar-refractivity contribution >= 4 is 0 Å². The molecule has 0 aromatic heterocycles. The average molecular weight is 217 g/mol. The van der Waals surface area contributed by atoms with Crippen LogP contribution in [0.1, 0.15) is 38.3 Å². The van der Waals surface area contributed by atoms with E-state index in [4.69, 9.17) is 0 Å².